The number of nitrogens with two attached hydrogens (primary N) is 1. The second-order valence-electron chi connectivity index (χ2n) is 3.06. The van der Waals surface area contributed by atoms with E-state index >= 15 is 0 Å². The van der Waals surface area contributed by atoms with Gasteiger partial charge in [-0.1, -0.05) is 29.8 Å². The smallest absolute Gasteiger partial charge is 0.268 e. The number of primary amides is 1. The molecule has 1 aromatic heterocycles. The van der Waals surface area contributed by atoms with E-state index in [1.54, 1.807) is 12.1 Å². The number of aromatic nitrogens is 2. The van der Waals surface area contributed by atoms with Crippen LogP contribution in [-0.4, -0.2) is 15.5 Å². The van der Waals surface area contributed by atoms with Crippen molar-refractivity contribution in [1.82, 2.24) is 9.55 Å². The maximum Gasteiger partial charge on any atom is 0.268 e. The van der Waals surface area contributed by atoms with E-state index in [2.05, 4.69) is 4.98 Å². The molecule has 0 aliphatic carbocycles. The lowest BCUT2D eigenvalue weighted by Crippen LogP contribution is -2.16. The van der Waals surface area contributed by atoms with E-state index in [9.17, 15) is 4.79 Å². The standard InChI is InChI=1S/C10H7Cl2N3O/c11-8-7(9(13)16)15(10(12)14-8)6-4-2-1-3-5-6/h1-5H,(H2,13,16). The van der Waals surface area contributed by atoms with Gasteiger partial charge < -0.3 is 5.73 Å². The number of hydrogen-bond acceptors (Lipinski definition) is 2. The summed E-state index contributed by atoms with van der Waals surface area (Å²) in [4.78, 5) is 15.0. The molecule has 16 heavy (non-hydrogen) atoms. The highest BCUT2D eigenvalue weighted by Crippen LogP contribution is 2.24. The fourth-order valence-corrected chi connectivity index (χ4v) is 1.96. The summed E-state index contributed by atoms with van der Waals surface area (Å²) < 4.78 is 1.41. The molecule has 0 aliphatic heterocycles. The van der Waals surface area contributed by atoms with Crippen LogP contribution in [-0.2, 0) is 0 Å². The quantitative estimate of drug-likeness (QED) is 0.895. The van der Waals surface area contributed by atoms with E-state index < -0.39 is 5.91 Å². The van der Waals surface area contributed by atoms with Crippen LogP contribution in [0, 0.1) is 0 Å². The molecule has 4 nitrogen and oxygen atoms in total. The number of rotatable bonds is 2. The Morgan fingerprint density at radius 1 is 1.25 bits per heavy atom. The van der Waals surface area contributed by atoms with Crippen LogP contribution in [0.1, 0.15) is 10.5 Å². The number of benzene rings is 1. The largest absolute Gasteiger partial charge is 0.364 e. The molecular weight excluding hydrogens is 249 g/mol. The number of hydrogen-bond donors (Lipinski definition) is 1. The van der Waals surface area contributed by atoms with E-state index in [1.807, 2.05) is 18.2 Å². The van der Waals surface area contributed by atoms with Gasteiger partial charge in [0.1, 0.15) is 0 Å². The van der Waals surface area contributed by atoms with Crippen molar-refractivity contribution in [3.8, 4) is 5.69 Å². The Hall–Kier alpha value is -1.52. The second kappa shape index (κ2) is 4.15. The van der Waals surface area contributed by atoms with Crippen LogP contribution in [0.2, 0.25) is 10.4 Å². The predicted octanol–water partition coefficient (Wildman–Crippen LogP) is 2.28. The lowest BCUT2D eigenvalue weighted by atomic mass is 10.3. The number of para-hydroxylation sites is 1. The van der Waals surface area contributed by atoms with Gasteiger partial charge in [0.25, 0.3) is 5.91 Å². The van der Waals surface area contributed by atoms with Crippen LogP contribution in [0.5, 0.6) is 0 Å². The van der Waals surface area contributed by atoms with Crippen LogP contribution in [0.15, 0.2) is 30.3 Å². The van der Waals surface area contributed by atoms with Gasteiger partial charge in [0.15, 0.2) is 10.8 Å². The molecule has 2 rings (SSSR count). The molecular formula is C10H7Cl2N3O. The van der Waals surface area contributed by atoms with Gasteiger partial charge in [0.05, 0.1) is 0 Å². The normalized spacial score (nSPS) is 10.4. The van der Waals surface area contributed by atoms with E-state index in [-0.39, 0.29) is 16.1 Å². The maximum absolute atomic E-state index is 11.2. The third-order valence-electron chi connectivity index (χ3n) is 2.04. The van der Waals surface area contributed by atoms with Crippen molar-refractivity contribution < 1.29 is 4.79 Å². The van der Waals surface area contributed by atoms with Crippen molar-refractivity contribution in [2.24, 2.45) is 5.73 Å². The molecule has 0 saturated carbocycles. The first-order chi connectivity index (χ1) is 7.61. The topological polar surface area (TPSA) is 60.9 Å². The number of carbonyl (C=O) groups is 1. The average molecular weight is 256 g/mol. The minimum atomic E-state index is -0.673. The summed E-state index contributed by atoms with van der Waals surface area (Å²) in [6.45, 7) is 0. The van der Waals surface area contributed by atoms with Gasteiger partial charge in [0.2, 0.25) is 5.28 Å². The molecule has 1 heterocycles. The second-order valence-corrected chi connectivity index (χ2v) is 3.75. The third-order valence-corrected chi connectivity index (χ3v) is 2.56. The Balaban J connectivity index is 2.69. The lowest BCUT2D eigenvalue weighted by molar-refractivity contribution is 0.0994. The SMILES string of the molecule is NC(=O)c1c(Cl)nc(Cl)n1-c1ccccc1. The Bertz CT molecular complexity index is 536. The summed E-state index contributed by atoms with van der Waals surface area (Å²) in [5, 5.41) is 0.103. The average Bonchev–Trinajstić information content (AvgIpc) is 2.55. The molecule has 82 valence electrons. The van der Waals surface area contributed by atoms with Gasteiger partial charge in [0, 0.05) is 5.69 Å². The molecule has 0 fully saturated rings. The number of nitrogens with zero attached hydrogens (tertiary/aromatic N) is 2. The first-order valence-corrected chi connectivity index (χ1v) is 5.16. The van der Waals surface area contributed by atoms with Crippen LogP contribution >= 0.6 is 23.2 Å². The molecule has 2 N–H and O–H groups in total. The first kappa shape index (κ1) is 11.0. The minimum absolute atomic E-state index is 0.00125. The van der Waals surface area contributed by atoms with Gasteiger partial charge in [-0.2, -0.15) is 0 Å². The fraction of sp³-hybridized carbons (Fsp3) is 0. The predicted molar refractivity (Wildman–Crippen MR) is 62.1 cm³/mol. The van der Waals surface area contributed by atoms with Gasteiger partial charge in [-0.15, -0.1) is 0 Å². The fourth-order valence-electron chi connectivity index (χ4n) is 1.39. The molecule has 1 aromatic carbocycles. The Morgan fingerprint density at radius 3 is 2.44 bits per heavy atom. The molecule has 0 aliphatic rings. The van der Waals surface area contributed by atoms with E-state index in [1.165, 1.54) is 4.57 Å². The summed E-state index contributed by atoms with van der Waals surface area (Å²) in [5.41, 5.74) is 5.99. The number of imidazole rings is 1. The molecule has 0 radical (unpaired) electrons. The van der Waals surface area contributed by atoms with E-state index in [0.29, 0.717) is 5.69 Å². The highest BCUT2D eigenvalue weighted by molar-refractivity contribution is 6.35. The van der Waals surface area contributed by atoms with Crippen molar-refractivity contribution in [2.75, 3.05) is 0 Å². The highest BCUT2D eigenvalue weighted by atomic mass is 35.5. The molecule has 0 bridgehead atoms. The molecule has 0 atom stereocenters. The van der Waals surface area contributed by atoms with Crippen LogP contribution in [0.4, 0.5) is 0 Å². The van der Waals surface area contributed by atoms with Gasteiger partial charge >= 0.3 is 0 Å². The minimum Gasteiger partial charge on any atom is -0.364 e. The molecule has 2 aromatic rings. The molecule has 0 saturated heterocycles. The van der Waals surface area contributed by atoms with Gasteiger partial charge in [-0.05, 0) is 23.7 Å². The van der Waals surface area contributed by atoms with E-state index in [0.717, 1.165) is 0 Å². The van der Waals surface area contributed by atoms with Crippen LogP contribution in [0.3, 0.4) is 0 Å². The van der Waals surface area contributed by atoms with Crippen molar-refractivity contribution in [1.29, 1.82) is 0 Å². The summed E-state index contributed by atoms with van der Waals surface area (Å²) >= 11 is 11.7. The molecule has 1 amide bonds. The Morgan fingerprint density at radius 2 is 1.88 bits per heavy atom. The summed E-state index contributed by atoms with van der Waals surface area (Å²) in [7, 11) is 0. The maximum atomic E-state index is 11.2. The number of carbonyl (C=O) groups excluding carboxylic acids is 1. The highest BCUT2D eigenvalue weighted by Gasteiger charge is 2.19. The number of amides is 1. The zero-order chi connectivity index (χ0) is 11.7. The van der Waals surface area contributed by atoms with Crippen molar-refractivity contribution >= 4 is 29.1 Å². The third kappa shape index (κ3) is 1.77. The van der Waals surface area contributed by atoms with Crippen molar-refractivity contribution in [3.05, 3.63) is 46.5 Å². The molecule has 0 spiro atoms. The summed E-state index contributed by atoms with van der Waals surface area (Å²) in [5.74, 6) is -0.673. The summed E-state index contributed by atoms with van der Waals surface area (Å²) in [6.07, 6.45) is 0. The molecule has 0 unspecified atom stereocenters. The van der Waals surface area contributed by atoms with Crippen LogP contribution in [0.25, 0.3) is 5.69 Å². The lowest BCUT2D eigenvalue weighted by Gasteiger charge is -2.06. The zero-order valence-electron chi connectivity index (χ0n) is 8.02. The van der Waals surface area contributed by atoms with E-state index in [4.69, 9.17) is 28.9 Å². The van der Waals surface area contributed by atoms with Crippen LogP contribution < -0.4 is 5.73 Å². The van der Waals surface area contributed by atoms with Crippen molar-refractivity contribution in [3.63, 3.8) is 0 Å². The molecule has 6 heteroatoms. The van der Waals surface area contributed by atoms with Gasteiger partial charge in [-0.25, -0.2) is 4.98 Å². The van der Waals surface area contributed by atoms with Gasteiger partial charge in [-0.3, -0.25) is 9.36 Å². The Kier molecular flexibility index (Phi) is 2.85. The van der Waals surface area contributed by atoms with Crippen molar-refractivity contribution in [2.45, 2.75) is 0 Å². The zero-order valence-corrected chi connectivity index (χ0v) is 9.53. The first-order valence-electron chi connectivity index (χ1n) is 4.40. The monoisotopic (exact) mass is 255 g/mol. The number of halogens is 2. The summed E-state index contributed by atoms with van der Waals surface area (Å²) in [6, 6.07) is 9.02. The Labute approximate surface area is 102 Å².